The molecule has 0 saturated heterocycles. The lowest BCUT2D eigenvalue weighted by Crippen LogP contribution is -2.23. The third kappa shape index (κ3) is 3.85. The molecule has 2 aromatic carbocycles. The van der Waals surface area contributed by atoms with Crippen molar-refractivity contribution in [3.63, 3.8) is 0 Å². The Bertz CT molecular complexity index is 931. The van der Waals surface area contributed by atoms with E-state index in [1.54, 1.807) is 4.57 Å². The summed E-state index contributed by atoms with van der Waals surface area (Å²) in [7, 11) is 0. The van der Waals surface area contributed by atoms with Gasteiger partial charge in [0.05, 0.1) is 29.1 Å². The summed E-state index contributed by atoms with van der Waals surface area (Å²) in [6.45, 7) is -0.0429. The topological polar surface area (TPSA) is 59.3 Å². The number of carbonyl (C=O) groups is 1. The van der Waals surface area contributed by atoms with Crippen LogP contribution < -0.4 is 5.43 Å². The number of benzene rings is 2. The average molecular weight is 346 g/mol. The van der Waals surface area contributed by atoms with Gasteiger partial charge in [0, 0.05) is 5.56 Å². The lowest BCUT2D eigenvalue weighted by atomic mass is 10.1. The third-order valence-electron chi connectivity index (χ3n) is 3.50. The van der Waals surface area contributed by atoms with Crippen LogP contribution in [0.1, 0.15) is 11.1 Å². The first-order chi connectivity index (χ1) is 11.9. The minimum Gasteiger partial charge on any atom is -0.321 e. The Morgan fingerprint density at radius 1 is 1.16 bits per heavy atom. The highest BCUT2D eigenvalue weighted by molar-refractivity contribution is 5.84. The Hall–Kier alpha value is -3.16. The number of imidazole rings is 1. The second-order valence-electron chi connectivity index (χ2n) is 5.24. The Labute approximate surface area is 140 Å². The van der Waals surface area contributed by atoms with Gasteiger partial charge in [0.25, 0.3) is 5.91 Å². The first-order valence-corrected chi connectivity index (χ1v) is 7.33. The molecule has 8 heteroatoms. The quantitative estimate of drug-likeness (QED) is 0.583. The van der Waals surface area contributed by atoms with E-state index in [0.29, 0.717) is 0 Å². The lowest BCUT2D eigenvalue weighted by molar-refractivity contribution is -0.137. The highest BCUT2D eigenvalue weighted by Gasteiger charge is 2.32. The maximum absolute atomic E-state index is 12.9. The van der Waals surface area contributed by atoms with E-state index in [1.807, 2.05) is 24.3 Å². The smallest absolute Gasteiger partial charge is 0.321 e. The molecular formula is C17H13F3N4O. The van der Waals surface area contributed by atoms with E-state index in [9.17, 15) is 18.0 Å². The van der Waals surface area contributed by atoms with Crippen molar-refractivity contribution in [1.82, 2.24) is 15.0 Å². The van der Waals surface area contributed by atoms with Gasteiger partial charge in [-0.25, -0.2) is 10.4 Å². The molecule has 3 rings (SSSR count). The summed E-state index contributed by atoms with van der Waals surface area (Å²) < 4.78 is 40.3. The molecule has 0 saturated carbocycles. The second kappa shape index (κ2) is 6.76. The van der Waals surface area contributed by atoms with Crippen LogP contribution >= 0.6 is 0 Å². The summed E-state index contributed by atoms with van der Waals surface area (Å²) in [4.78, 5) is 16.1. The molecule has 1 aromatic heterocycles. The van der Waals surface area contributed by atoms with Crippen molar-refractivity contribution in [2.45, 2.75) is 12.7 Å². The van der Waals surface area contributed by atoms with Gasteiger partial charge in [-0.05, 0) is 18.2 Å². The van der Waals surface area contributed by atoms with Gasteiger partial charge >= 0.3 is 6.18 Å². The SMILES string of the molecule is O=C(Cn1cnc2ccccc21)N/N=C/c1ccccc1C(F)(F)F. The predicted molar refractivity (Wildman–Crippen MR) is 86.9 cm³/mol. The number of aromatic nitrogens is 2. The monoisotopic (exact) mass is 346 g/mol. The standard InChI is InChI=1S/C17H13F3N4O/c18-17(19,20)13-6-2-1-5-12(13)9-22-23-16(25)10-24-11-21-14-7-3-4-8-15(14)24/h1-9,11H,10H2,(H,23,25)/b22-9+. The number of fused-ring (bicyclic) bond motifs is 1. The van der Waals surface area contributed by atoms with E-state index in [4.69, 9.17) is 0 Å². The van der Waals surface area contributed by atoms with E-state index in [2.05, 4.69) is 15.5 Å². The van der Waals surface area contributed by atoms with E-state index in [1.165, 1.54) is 24.5 Å². The summed E-state index contributed by atoms with van der Waals surface area (Å²) in [6.07, 6.45) is -1.98. The molecule has 1 amide bonds. The zero-order valence-corrected chi connectivity index (χ0v) is 12.9. The Kier molecular flexibility index (Phi) is 4.51. The van der Waals surface area contributed by atoms with Crippen LogP contribution in [0.15, 0.2) is 60.0 Å². The fourth-order valence-electron chi connectivity index (χ4n) is 2.37. The van der Waals surface area contributed by atoms with Crippen LogP contribution in [0.3, 0.4) is 0 Å². The first kappa shape index (κ1) is 16.7. The van der Waals surface area contributed by atoms with Gasteiger partial charge in [-0.1, -0.05) is 30.3 Å². The van der Waals surface area contributed by atoms with Gasteiger partial charge in [-0.3, -0.25) is 4.79 Å². The minimum absolute atomic E-state index is 0.0429. The maximum atomic E-state index is 12.9. The van der Waals surface area contributed by atoms with Crippen molar-refractivity contribution in [3.8, 4) is 0 Å². The van der Waals surface area contributed by atoms with E-state index < -0.39 is 17.6 Å². The average Bonchev–Trinajstić information content (AvgIpc) is 2.97. The van der Waals surface area contributed by atoms with Crippen molar-refractivity contribution in [1.29, 1.82) is 0 Å². The molecule has 25 heavy (non-hydrogen) atoms. The normalized spacial score (nSPS) is 12.0. The van der Waals surface area contributed by atoms with E-state index in [0.717, 1.165) is 23.3 Å². The number of alkyl halides is 3. The number of amides is 1. The van der Waals surface area contributed by atoms with Crippen LogP contribution in [0.5, 0.6) is 0 Å². The highest BCUT2D eigenvalue weighted by Crippen LogP contribution is 2.31. The summed E-state index contributed by atoms with van der Waals surface area (Å²) in [6, 6.07) is 12.3. The van der Waals surface area contributed by atoms with Gasteiger partial charge in [0.1, 0.15) is 6.54 Å². The molecule has 0 unspecified atom stereocenters. The number of hydrazone groups is 1. The molecule has 128 valence electrons. The van der Waals surface area contributed by atoms with Gasteiger partial charge in [0.15, 0.2) is 0 Å². The van der Waals surface area contributed by atoms with Crippen LogP contribution in [-0.2, 0) is 17.5 Å². The number of para-hydroxylation sites is 2. The summed E-state index contributed by atoms with van der Waals surface area (Å²) in [5.74, 6) is -0.469. The molecule has 1 heterocycles. The number of nitrogens with zero attached hydrogens (tertiary/aromatic N) is 3. The lowest BCUT2D eigenvalue weighted by Gasteiger charge is -2.09. The zero-order valence-electron chi connectivity index (χ0n) is 12.9. The highest BCUT2D eigenvalue weighted by atomic mass is 19.4. The van der Waals surface area contributed by atoms with Crippen LogP contribution in [0.2, 0.25) is 0 Å². The first-order valence-electron chi connectivity index (χ1n) is 7.33. The number of halogens is 3. The molecule has 0 fully saturated rings. The molecule has 0 spiro atoms. The molecule has 0 aliphatic carbocycles. The van der Waals surface area contributed by atoms with Crippen molar-refractivity contribution in [2.24, 2.45) is 5.10 Å². The van der Waals surface area contributed by atoms with E-state index in [-0.39, 0.29) is 12.1 Å². The maximum Gasteiger partial charge on any atom is 0.417 e. The predicted octanol–water partition coefficient (Wildman–Crippen LogP) is 3.21. The molecule has 0 radical (unpaired) electrons. The molecule has 0 aliphatic heterocycles. The second-order valence-corrected chi connectivity index (χ2v) is 5.24. The molecule has 0 atom stereocenters. The van der Waals surface area contributed by atoms with Crippen LogP contribution in [0, 0.1) is 0 Å². The van der Waals surface area contributed by atoms with Crippen molar-refractivity contribution < 1.29 is 18.0 Å². The molecule has 5 nitrogen and oxygen atoms in total. The molecule has 1 N–H and O–H groups in total. The molecule has 0 bridgehead atoms. The number of hydrogen-bond acceptors (Lipinski definition) is 3. The van der Waals surface area contributed by atoms with E-state index >= 15 is 0 Å². The summed E-state index contributed by atoms with van der Waals surface area (Å²) in [5.41, 5.74) is 2.82. The fraction of sp³-hybridized carbons (Fsp3) is 0.118. The number of rotatable bonds is 4. The summed E-state index contributed by atoms with van der Waals surface area (Å²) >= 11 is 0. The third-order valence-corrected chi connectivity index (χ3v) is 3.50. The Balaban J connectivity index is 1.68. The fourth-order valence-corrected chi connectivity index (χ4v) is 2.37. The largest absolute Gasteiger partial charge is 0.417 e. The number of hydrogen-bond donors (Lipinski definition) is 1. The van der Waals surface area contributed by atoms with Crippen molar-refractivity contribution in [3.05, 3.63) is 66.0 Å². The molecule has 0 aliphatic rings. The van der Waals surface area contributed by atoms with Crippen LogP contribution in [-0.4, -0.2) is 21.7 Å². The Morgan fingerprint density at radius 3 is 2.68 bits per heavy atom. The summed E-state index contributed by atoms with van der Waals surface area (Å²) in [5, 5.41) is 3.62. The number of carbonyl (C=O) groups excluding carboxylic acids is 1. The van der Waals surface area contributed by atoms with Gasteiger partial charge in [-0.15, -0.1) is 0 Å². The molecular weight excluding hydrogens is 333 g/mol. The van der Waals surface area contributed by atoms with Gasteiger partial charge in [-0.2, -0.15) is 18.3 Å². The minimum atomic E-state index is -4.48. The van der Waals surface area contributed by atoms with Crippen molar-refractivity contribution in [2.75, 3.05) is 0 Å². The van der Waals surface area contributed by atoms with Crippen LogP contribution in [0.4, 0.5) is 13.2 Å². The van der Waals surface area contributed by atoms with Crippen LogP contribution in [0.25, 0.3) is 11.0 Å². The van der Waals surface area contributed by atoms with Gasteiger partial charge < -0.3 is 4.57 Å². The molecule has 3 aromatic rings. The Morgan fingerprint density at radius 2 is 1.88 bits per heavy atom. The number of nitrogens with one attached hydrogen (secondary N) is 1. The zero-order chi connectivity index (χ0) is 17.9. The van der Waals surface area contributed by atoms with Gasteiger partial charge in [0.2, 0.25) is 0 Å². The van der Waals surface area contributed by atoms with Crippen molar-refractivity contribution >= 4 is 23.2 Å².